The molecule has 2 unspecified atom stereocenters. The predicted octanol–water partition coefficient (Wildman–Crippen LogP) is 30.2. The summed E-state index contributed by atoms with van der Waals surface area (Å²) in [6.07, 6.45) is 109. The summed E-state index contributed by atoms with van der Waals surface area (Å²) in [7, 11) is 6.01. The Hall–Kier alpha value is -2.49. The Balaban J connectivity index is 3.87. The van der Waals surface area contributed by atoms with Crippen molar-refractivity contribution in [2.45, 2.75) is 501 Å². The molecular weight excluding hydrogens is 1270 g/mol. The number of carbonyl (C=O) groups excluding carboxylic acids is 2. The summed E-state index contributed by atoms with van der Waals surface area (Å²) in [5, 5.41) is 9.80. The van der Waals surface area contributed by atoms with Crippen LogP contribution in [0.4, 0.5) is 0 Å². The molecule has 9 heteroatoms. The quantitative estimate of drug-likeness (QED) is 0.0211. The molecule has 0 aliphatic rings. The first-order valence-electron chi connectivity index (χ1n) is 46.2. The fourth-order valence-corrected chi connectivity index (χ4v) is 14.4. The van der Waals surface area contributed by atoms with Crippen molar-refractivity contribution in [1.29, 1.82) is 0 Å². The number of ether oxygens (including phenoxy) is 4. The number of quaternary nitrogens is 1. The summed E-state index contributed by atoms with van der Waals surface area (Å²) >= 11 is 0. The molecule has 2 atom stereocenters. The first kappa shape index (κ1) is 101. The van der Waals surface area contributed by atoms with Crippen molar-refractivity contribution in [2.24, 2.45) is 0 Å². The van der Waals surface area contributed by atoms with Gasteiger partial charge in [0.1, 0.15) is 13.2 Å². The third-order valence-corrected chi connectivity index (χ3v) is 21.4. The van der Waals surface area contributed by atoms with Crippen LogP contribution >= 0.6 is 0 Å². The zero-order valence-corrected chi connectivity index (χ0v) is 70.0. The predicted molar refractivity (Wildman–Crippen MR) is 447 cm³/mol. The lowest BCUT2D eigenvalue weighted by molar-refractivity contribution is -0.870. The molecule has 0 aliphatic carbocycles. The molecule has 0 rings (SSSR count). The normalized spacial score (nSPS) is 12.7. The largest absolute Gasteiger partial charge is 0.477 e. The van der Waals surface area contributed by atoms with Crippen LogP contribution in [0.2, 0.25) is 0 Å². The van der Waals surface area contributed by atoms with Crippen LogP contribution in [0, 0.1) is 0 Å². The van der Waals surface area contributed by atoms with Crippen LogP contribution in [0.3, 0.4) is 0 Å². The standard InChI is InChI=1S/C94H179NO8/c1-6-8-10-12-14-16-18-20-22-24-26-28-30-32-34-36-38-40-42-44-45-46-47-49-50-52-54-56-58-60-62-64-66-68-70-72-74-76-78-80-82-84-91(96)101-88-90(89-102-94(93(98)99)100-87-86-95(3,4)5)103-92(97)85-83-81-79-77-75-73-71-69-67-65-63-61-59-57-55-53-51-48-43-41-39-37-35-33-31-29-27-25-23-21-19-17-15-13-11-9-7-2/h19,21,25,27,31,33,90,94H,6-18,20,22-24,26,28-30,32,34-89H2,1-5H3/p+1/b21-19-,27-25-,33-31-. The first-order chi connectivity index (χ1) is 50.6. The Morgan fingerprint density at radius 3 is 0.777 bits per heavy atom. The van der Waals surface area contributed by atoms with Gasteiger partial charge in [0, 0.05) is 12.8 Å². The van der Waals surface area contributed by atoms with E-state index in [2.05, 4.69) is 50.3 Å². The van der Waals surface area contributed by atoms with Gasteiger partial charge in [-0.2, -0.15) is 0 Å². The van der Waals surface area contributed by atoms with Gasteiger partial charge in [-0.15, -0.1) is 0 Å². The van der Waals surface area contributed by atoms with Crippen molar-refractivity contribution in [2.75, 3.05) is 47.5 Å². The highest BCUT2D eigenvalue weighted by Gasteiger charge is 2.25. The maximum atomic E-state index is 13.0. The molecule has 0 aromatic rings. The van der Waals surface area contributed by atoms with Crippen molar-refractivity contribution in [1.82, 2.24) is 0 Å². The van der Waals surface area contributed by atoms with Gasteiger partial charge in [0.05, 0.1) is 34.4 Å². The van der Waals surface area contributed by atoms with E-state index >= 15 is 0 Å². The summed E-state index contributed by atoms with van der Waals surface area (Å²) in [5.74, 6) is -1.96. The molecule has 0 aromatic heterocycles. The molecule has 1 N–H and O–H groups in total. The summed E-state index contributed by atoms with van der Waals surface area (Å²) in [6.45, 7) is 4.96. The minimum atomic E-state index is -1.51. The molecule has 608 valence electrons. The minimum Gasteiger partial charge on any atom is -0.477 e. The van der Waals surface area contributed by atoms with Crippen LogP contribution in [-0.2, 0) is 33.3 Å². The highest BCUT2D eigenvalue weighted by atomic mass is 16.7. The van der Waals surface area contributed by atoms with E-state index in [1.54, 1.807) is 0 Å². The van der Waals surface area contributed by atoms with E-state index in [0.29, 0.717) is 17.4 Å². The number of carboxylic acid groups (broad SMARTS) is 1. The molecule has 0 aliphatic heterocycles. The molecule has 0 amide bonds. The maximum absolute atomic E-state index is 13.0. The van der Waals surface area contributed by atoms with Gasteiger partial charge in [-0.3, -0.25) is 9.59 Å². The number of carbonyl (C=O) groups is 3. The van der Waals surface area contributed by atoms with Gasteiger partial charge in [0.15, 0.2) is 6.10 Å². The van der Waals surface area contributed by atoms with Crippen molar-refractivity contribution >= 4 is 17.9 Å². The van der Waals surface area contributed by atoms with Crippen molar-refractivity contribution in [3.8, 4) is 0 Å². The Labute approximate surface area is 642 Å². The summed E-state index contributed by atoms with van der Waals surface area (Å²) in [4.78, 5) is 37.8. The number of unbranched alkanes of at least 4 members (excludes halogenated alkanes) is 67. The van der Waals surface area contributed by atoms with Gasteiger partial charge in [-0.25, -0.2) is 4.79 Å². The van der Waals surface area contributed by atoms with E-state index in [0.717, 1.165) is 51.4 Å². The molecule has 0 heterocycles. The second-order valence-corrected chi connectivity index (χ2v) is 33.0. The number of hydrogen-bond acceptors (Lipinski definition) is 7. The van der Waals surface area contributed by atoms with Gasteiger partial charge >= 0.3 is 17.9 Å². The zero-order valence-electron chi connectivity index (χ0n) is 70.0. The second kappa shape index (κ2) is 85.1. The van der Waals surface area contributed by atoms with Crippen LogP contribution < -0.4 is 0 Å². The van der Waals surface area contributed by atoms with Gasteiger partial charge in [-0.05, 0) is 51.4 Å². The van der Waals surface area contributed by atoms with E-state index in [-0.39, 0.29) is 38.2 Å². The van der Waals surface area contributed by atoms with E-state index in [1.165, 1.54) is 411 Å². The third-order valence-electron chi connectivity index (χ3n) is 21.4. The third kappa shape index (κ3) is 86.6. The molecule has 0 spiro atoms. The SMILES string of the molecule is CCCCCCC/C=C\C/C=C\C/C=C\CCCCCCCCCCCCCCCCCCCCCCCCC(=O)OC(COC(=O)CCCCCCCCCCCCCCCCCCCCCCCCCCCCCCCCCCCCCCCCCCC)COC(OCC[N+](C)(C)C)C(=O)O. The number of carboxylic acids is 1. The molecular formula is C94H180NO8+. The van der Waals surface area contributed by atoms with Gasteiger partial charge in [0.25, 0.3) is 6.29 Å². The average molecular weight is 1450 g/mol. The fraction of sp³-hybridized carbons (Fsp3) is 0.904. The Morgan fingerprint density at radius 1 is 0.291 bits per heavy atom. The first-order valence-corrected chi connectivity index (χ1v) is 46.2. The minimum absolute atomic E-state index is 0.174. The zero-order chi connectivity index (χ0) is 74.6. The van der Waals surface area contributed by atoms with Crippen LogP contribution in [0.15, 0.2) is 36.5 Å². The lowest BCUT2D eigenvalue weighted by Gasteiger charge is -2.25. The number of likely N-dealkylation sites (N-methyl/N-ethyl adjacent to an activating group) is 1. The molecule has 0 saturated heterocycles. The van der Waals surface area contributed by atoms with E-state index in [4.69, 9.17) is 18.9 Å². The Bertz CT molecular complexity index is 1790. The monoisotopic (exact) mass is 1450 g/mol. The van der Waals surface area contributed by atoms with Crippen LogP contribution in [0.1, 0.15) is 489 Å². The molecule has 0 aromatic carbocycles. The van der Waals surface area contributed by atoms with Crippen LogP contribution in [-0.4, -0.2) is 87.4 Å². The number of nitrogens with zero attached hydrogens (tertiary/aromatic N) is 1. The van der Waals surface area contributed by atoms with Crippen molar-refractivity contribution in [3.05, 3.63) is 36.5 Å². The summed E-state index contributed by atoms with van der Waals surface area (Å²) in [6, 6.07) is 0. The number of esters is 2. The Morgan fingerprint density at radius 2 is 0.524 bits per heavy atom. The topological polar surface area (TPSA) is 108 Å². The summed E-state index contributed by atoms with van der Waals surface area (Å²) < 4.78 is 23.1. The van der Waals surface area contributed by atoms with E-state index in [9.17, 15) is 19.5 Å². The van der Waals surface area contributed by atoms with Gasteiger partial charge in [-0.1, -0.05) is 461 Å². The lowest BCUT2D eigenvalue weighted by Crippen LogP contribution is -2.40. The molecule has 0 bridgehead atoms. The molecule has 0 saturated carbocycles. The molecule has 0 fully saturated rings. The van der Waals surface area contributed by atoms with Gasteiger partial charge < -0.3 is 28.5 Å². The maximum Gasteiger partial charge on any atom is 0.361 e. The number of rotatable bonds is 88. The summed E-state index contributed by atoms with van der Waals surface area (Å²) in [5.41, 5.74) is 0. The molecule has 103 heavy (non-hydrogen) atoms. The number of aliphatic carboxylic acids is 1. The van der Waals surface area contributed by atoms with Crippen molar-refractivity contribution in [3.63, 3.8) is 0 Å². The number of hydrogen-bond donors (Lipinski definition) is 1. The Kier molecular flexibility index (Phi) is 83.1. The van der Waals surface area contributed by atoms with Gasteiger partial charge in [0.2, 0.25) is 0 Å². The highest BCUT2D eigenvalue weighted by Crippen LogP contribution is 2.22. The fourth-order valence-electron chi connectivity index (χ4n) is 14.4. The van der Waals surface area contributed by atoms with Crippen molar-refractivity contribution < 1.29 is 42.9 Å². The highest BCUT2D eigenvalue weighted by molar-refractivity contribution is 5.71. The lowest BCUT2D eigenvalue weighted by atomic mass is 10.0. The smallest absolute Gasteiger partial charge is 0.361 e. The molecule has 9 nitrogen and oxygen atoms in total. The average Bonchev–Trinajstić information content (AvgIpc) is 1.16. The van der Waals surface area contributed by atoms with Crippen LogP contribution in [0.5, 0.6) is 0 Å². The van der Waals surface area contributed by atoms with Crippen LogP contribution in [0.25, 0.3) is 0 Å². The number of allylic oxidation sites excluding steroid dienone is 6. The second-order valence-electron chi connectivity index (χ2n) is 33.0. The van der Waals surface area contributed by atoms with E-state index < -0.39 is 18.4 Å². The molecule has 0 radical (unpaired) electrons. The van der Waals surface area contributed by atoms with E-state index in [1.807, 2.05) is 21.1 Å².